The summed E-state index contributed by atoms with van der Waals surface area (Å²) >= 11 is 0. The third kappa shape index (κ3) is 3.83. The summed E-state index contributed by atoms with van der Waals surface area (Å²) in [6.07, 6.45) is 1.55. The van der Waals surface area contributed by atoms with Gasteiger partial charge in [0.25, 0.3) is 11.8 Å². The number of carbonyl (C=O) groups is 3. The smallest absolute Gasteiger partial charge is 0.318 e. The molecule has 0 aliphatic carbocycles. The lowest BCUT2D eigenvalue weighted by molar-refractivity contribution is -0.140. The molecule has 146 valence electrons. The van der Waals surface area contributed by atoms with Crippen LogP contribution in [0.4, 0.5) is 4.79 Å². The van der Waals surface area contributed by atoms with Crippen LogP contribution in [0.5, 0.6) is 0 Å². The van der Waals surface area contributed by atoms with Crippen molar-refractivity contribution in [2.45, 2.75) is 39.2 Å². The molecule has 0 bridgehead atoms. The van der Waals surface area contributed by atoms with Crippen molar-refractivity contribution in [1.82, 2.24) is 20.7 Å². The molecule has 3 atom stereocenters. The number of urea groups is 1. The number of benzene rings is 1. The standard InChI is InChI=1S/C20H28N4O3/c1-4-20(16-8-6-5-7-9-16)18(26)24(19(27)21-20)22-17(25)13-23-11-14(2)10-15(3)12-23/h5-9,14-15H,4,10-13H2,1-3H3,(H,21,27)(H,22,25)/t14-,15-,20+/m0/s1. The zero-order valence-corrected chi connectivity index (χ0v) is 16.2. The summed E-state index contributed by atoms with van der Waals surface area (Å²) in [7, 11) is 0. The van der Waals surface area contributed by atoms with Crippen molar-refractivity contribution in [3.05, 3.63) is 35.9 Å². The van der Waals surface area contributed by atoms with E-state index in [0.29, 0.717) is 23.8 Å². The van der Waals surface area contributed by atoms with Gasteiger partial charge in [0, 0.05) is 13.1 Å². The van der Waals surface area contributed by atoms with Crippen LogP contribution in [-0.2, 0) is 15.1 Å². The molecule has 7 heteroatoms. The normalized spacial score (nSPS) is 28.9. The van der Waals surface area contributed by atoms with Crippen LogP contribution in [0, 0.1) is 11.8 Å². The minimum atomic E-state index is -1.14. The van der Waals surface area contributed by atoms with Gasteiger partial charge in [-0.25, -0.2) is 4.79 Å². The van der Waals surface area contributed by atoms with Crippen LogP contribution in [0.3, 0.4) is 0 Å². The number of imide groups is 1. The van der Waals surface area contributed by atoms with Crippen LogP contribution < -0.4 is 10.7 Å². The van der Waals surface area contributed by atoms with Gasteiger partial charge in [-0.3, -0.25) is 19.9 Å². The van der Waals surface area contributed by atoms with Crippen LogP contribution in [-0.4, -0.2) is 47.4 Å². The Morgan fingerprint density at radius 1 is 1.19 bits per heavy atom. The lowest BCUT2D eigenvalue weighted by atomic mass is 9.87. The van der Waals surface area contributed by atoms with Gasteiger partial charge in [0.05, 0.1) is 6.54 Å². The van der Waals surface area contributed by atoms with Crippen LogP contribution in [0.25, 0.3) is 0 Å². The summed E-state index contributed by atoms with van der Waals surface area (Å²) in [6, 6.07) is 8.53. The molecule has 2 saturated heterocycles. The topological polar surface area (TPSA) is 81.8 Å². The number of nitrogens with one attached hydrogen (secondary N) is 2. The van der Waals surface area contributed by atoms with E-state index in [2.05, 4.69) is 29.5 Å². The molecule has 2 N–H and O–H groups in total. The molecule has 7 nitrogen and oxygen atoms in total. The Balaban J connectivity index is 1.69. The number of nitrogens with zero attached hydrogens (tertiary/aromatic N) is 2. The number of rotatable bonds is 5. The molecule has 0 radical (unpaired) electrons. The first-order chi connectivity index (χ1) is 12.9. The second kappa shape index (κ2) is 7.68. The van der Waals surface area contributed by atoms with Gasteiger partial charge in [-0.05, 0) is 30.2 Å². The first-order valence-corrected chi connectivity index (χ1v) is 9.59. The Labute approximate surface area is 160 Å². The van der Waals surface area contributed by atoms with Gasteiger partial charge >= 0.3 is 6.03 Å². The summed E-state index contributed by atoms with van der Waals surface area (Å²) in [5.41, 5.74) is 2.08. The monoisotopic (exact) mass is 372 g/mol. The Morgan fingerprint density at radius 2 is 1.81 bits per heavy atom. The average Bonchev–Trinajstić information content (AvgIpc) is 2.86. The molecule has 0 spiro atoms. The van der Waals surface area contributed by atoms with Crippen LogP contribution in [0.1, 0.15) is 39.2 Å². The predicted molar refractivity (Wildman–Crippen MR) is 101 cm³/mol. The van der Waals surface area contributed by atoms with Crippen molar-refractivity contribution in [3.63, 3.8) is 0 Å². The quantitative estimate of drug-likeness (QED) is 0.773. The van der Waals surface area contributed by atoms with E-state index in [9.17, 15) is 14.4 Å². The second-order valence-electron chi connectivity index (χ2n) is 7.87. The maximum Gasteiger partial charge on any atom is 0.344 e. The molecule has 2 aliphatic rings. The van der Waals surface area contributed by atoms with Gasteiger partial charge in [0.15, 0.2) is 0 Å². The van der Waals surface area contributed by atoms with Gasteiger partial charge in [-0.15, -0.1) is 0 Å². The third-order valence-corrected chi connectivity index (χ3v) is 5.44. The molecule has 2 heterocycles. The molecule has 0 saturated carbocycles. The molecule has 0 aromatic heterocycles. The van der Waals surface area contributed by atoms with E-state index in [1.807, 2.05) is 37.3 Å². The Morgan fingerprint density at radius 3 is 2.41 bits per heavy atom. The zero-order chi connectivity index (χ0) is 19.6. The first kappa shape index (κ1) is 19.4. The molecule has 3 rings (SSSR count). The Kier molecular flexibility index (Phi) is 5.51. The Hall–Kier alpha value is -2.41. The number of hydrazine groups is 1. The van der Waals surface area contributed by atoms with Crippen LogP contribution in [0.15, 0.2) is 30.3 Å². The highest BCUT2D eigenvalue weighted by molar-refractivity contribution is 6.08. The summed E-state index contributed by atoms with van der Waals surface area (Å²) in [6.45, 7) is 8.06. The van der Waals surface area contributed by atoms with Crippen molar-refractivity contribution in [1.29, 1.82) is 0 Å². The fourth-order valence-electron chi connectivity index (χ4n) is 4.32. The fraction of sp³-hybridized carbons (Fsp3) is 0.550. The van der Waals surface area contributed by atoms with E-state index in [0.717, 1.165) is 24.5 Å². The van der Waals surface area contributed by atoms with E-state index in [4.69, 9.17) is 0 Å². The minimum absolute atomic E-state index is 0.177. The second-order valence-corrected chi connectivity index (χ2v) is 7.87. The number of piperidine rings is 1. The highest BCUT2D eigenvalue weighted by atomic mass is 16.2. The summed E-state index contributed by atoms with van der Waals surface area (Å²) in [4.78, 5) is 40.0. The van der Waals surface area contributed by atoms with Gasteiger partial charge in [-0.2, -0.15) is 5.01 Å². The fourth-order valence-corrected chi connectivity index (χ4v) is 4.32. The maximum absolute atomic E-state index is 13.0. The van der Waals surface area contributed by atoms with Crippen molar-refractivity contribution >= 4 is 17.8 Å². The molecule has 0 unspecified atom stereocenters. The van der Waals surface area contributed by atoms with Gasteiger partial charge in [-0.1, -0.05) is 51.1 Å². The zero-order valence-electron chi connectivity index (χ0n) is 16.2. The van der Waals surface area contributed by atoms with Crippen molar-refractivity contribution in [2.24, 2.45) is 11.8 Å². The average molecular weight is 372 g/mol. The predicted octanol–water partition coefficient (Wildman–Crippen LogP) is 1.85. The van der Waals surface area contributed by atoms with E-state index in [-0.39, 0.29) is 12.5 Å². The number of hydrogen-bond donors (Lipinski definition) is 2. The number of likely N-dealkylation sites (tertiary alicyclic amines) is 1. The first-order valence-electron chi connectivity index (χ1n) is 9.59. The number of carbonyl (C=O) groups excluding carboxylic acids is 3. The molecule has 1 aromatic carbocycles. The highest BCUT2D eigenvalue weighted by Gasteiger charge is 2.52. The molecule has 4 amide bonds. The molecule has 2 aliphatic heterocycles. The molecule has 1 aromatic rings. The lowest BCUT2D eigenvalue weighted by Crippen LogP contribution is -2.52. The van der Waals surface area contributed by atoms with Crippen LogP contribution >= 0.6 is 0 Å². The van der Waals surface area contributed by atoms with Gasteiger partial charge < -0.3 is 5.32 Å². The largest absolute Gasteiger partial charge is 0.344 e. The summed E-state index contributed by atoms with van der Waals surface area (Å²) in [5, 5.41) is 3.59. The van der Waals surface area contributed by atoms with Gasteiger partial charge in [0.1, 0.15) is 5.54 Å². The Bertz CT molecular complexity index is 713. The molecular formula is C20H28N4O3. The van der Waals surface area contributed by atoms with Crippen LogP contribution in [0.2, 0.25) is 0 Å². The third-order valence-electron chi connectivity index (χ3n) is 5.44. The minimum Gasteiger partial charge on any atom is -0.318 e. The number of amides is 4. The molecule has 2 fully saturated rings. The lowest BCUT2D eigenvalue weighted by Gasteiger charge is -2.34. The number of hydrogen-bond acceptors (Lipinski definition) is 4. The van der Waals surface area contributed by atoms with E-state index in [1.165, 1.54) is 0 Å². The van der Waals surface area contributed by atoms with E-state index >= 15 is 0 Å². The van der Waals surface area contributed by atoms with Crippen molar-refractivity contribution in [3.8, 4) is 0 Å². The molecular weight excluding hydrogens is 344 g/mol. The highest BCUT2D eigenvalue weighted by Crippen LogP contribution is 2.31. The van der Waals surface area contributed by atoms with Crippen molar-refractivity contribution in [2.75, 3.05) is 19.6 Å². The summed E-state index contributed by atoms with van der Waals surface area (Å²) < 4.78 is 0. The summed E-state index contributed by atoms with van der Waals surface area (Å²) in [5.74, 6) is 0.267. The van der Waals surface area contributed by atoms with Crippen molar-refractivity contribution < 1.29 is 14.4 Å². The van der Waals surface area contributed by atoms with Gasteiger partial charge in [0.2, 0.25) is 0 Å². The SMILES string of the molecule is CC[C@]1(c2ccccc2)NC(=O)N(NC(=O)CN2C[C@@H](C)C[C@H](C)C2)C1=O. The van der Waals surface area contributed by atoms with E-state index in [1.54, 1.807) is 0 Å². The molecule has 27 heavy (non-hydrogen) atoms. The van der Waals surface area contributed by atoms with E-state index < -0.39 is 17.5 Å². The maximum atomic E-state index is 13.0.